The van der Waals surface area contributed by atoms with Gasteiger partial charge in [0.15, 0.2) is 0 Å². The van der Waals surface area contributed by atoms with Crippen LogP contribution in [0.2, 0.25) is 0 Å². The zero-order valence-corrected chi connectivity index (χ0v) is 8.28. The lowest BCUT2D eigenvalue weighted by molar-refractivity contribution is 0.158. The van der Waals surface area contributed by atoms with Gasteiger partial charge in [0, 0.05) is 0 Å². The van der Waals surface area contributed by atoms with Gasteiger partial charge in [-0.15, -0.1) is 0 Å². The van der Waals surface area contributed by atoms with Crippen molar-refractivity contribution in [2.45, 2.75) is 45.6 Å². The molecule has 68 valence electrons. The second-order valence-corrected chi connectivity index (χ2v) is 4.65. The monoisotopic (exact) mass is 166 g/mol. The highest BCUT2D eigenvalue weighted by Crippen LogP contribution is 2.35. The predicted octanol–water partition coefficient (Wildman–Crippen LogP) is 2.07. The van der Waals surface area contributed by atoms with E-state index >= 15 is 0 Å². The first kappa shape index (κ1) is 9.54. The van der Waals surface area contributed by atoms with Crippen molar-refractivity contribution >= 4 is 0 Å². The maximum Gasteiger partial charge on any atom is 0.111 e. The van der Waals surface area contributed by atoms with Gasteiger partial charge in [-0.25, -0.2) is 0 Å². The minimum Gasteiger partial charge on any atom is -0.299 e. The lowest BCUT2D eigenvalue weighted by atomic mass is 9.70. The van der Waals surface area contributed by atoms with Crippen molar-refractivity contribution in [3.63, 3.8) is 0 Å². The standard InChI is InChI=1S/C10H18N2/c1-9(2,3)10(8-11)6-4-5-7-12-10/h12H,4-7H2,1-3H3. The molecule has 2 heteroatoms. The molecule has 1 saturated heterocycles. The number of nitrogens with one attached hydrogen (secondary N) is 1. The van der Waals surface area contributed by atoms with Gasteiger partial charge >= 0.3 is 0 Å². The SMILES string of the molecule is CC(C)(C)C1(C#N)CCCCN1. The minimum atomic E-state index is -0.286. The third kappa shape index (κ3) is 1.47. The van der Waals surface area contributed by atoms with Gasteiger partial charge in [0.05, 0.1) is 6.07 Å². The smallest absolute Gasteiger partial charge is 0.111 e. The molecule has 1 N–H and O–H groups in total. The summed E-state index contributed by atoms with van der Waals surface area (Å²) in [5.41, 5.74) is -0.243. The van der Waals surface area contributed by atoms with Crippen LogP contribution in [0.25, 0.3) is 0 Å². The zero-order chi connectivity index (χ0) is 9.24. The third-order valence-electron chi connectivity index (χ3n) is 2.88. The Bertz CT molecular complexity index is 189. The second kappa shape index (κ2) is 3.06. The molecule has 1 aliphatic heterocycles. The normalized spacial score (nSPS) is 31.2. The molecule has 0 aromatic carbocycles. The van der Waals surface area contributed by atoms with Gasteiger partial charge in [-0.1, -0.05) is 20.8 Å². The molecular formula is C10H18N2. The van der Waals surface area contributed by atoms with Gasteiger partial charge < -0.3 is 0 Å². The Morgan fingerprint density at radius 3 is 2.25 bits per heavy atom. The van der Waals surface area contributed by atoms with Gasteiger partial charge in [0.25, 0.3) is 0 Å². The topological polar surface area (TPSA) is 35.8 Å². The van der Waals surface area contributed by atoms with Crippen molar-refractivity contribution in [1.29, 1.82) is 5.26 Å². The molecule has 1 heterocycles. The molecule has 1 fully saturated rings. The van der Waals surface area contributed by atoms with E-state index in [0.717, 1.165) is 13.0 Å². The van der Waals surface area contributed by atoms with Crippen LogP contribution in [0.1, 0.15) is 40.0 Å². The summed E-state index contributed by atoms with van der Waals surface area (Å²) in [6.45, 7) is 7.39. The lowest BCUT2D eigenvalue weighted by Gasteiger charge is -2.42. The van der Waals surface area contributed by atoms with E-state index in [0.29, 0.717) is 0 Å². The Balaban J connectivity index is 2.83. The molecule has 2 nitrogen and oxygen atoms in total. The van der Waals surface area contributed by atoms with E-state index in [1.165, 1.54) is 12.8 Å². The number of hydrogen-bond acceptors (Lipinski definition) is 2. The molecule has 0 aliphatic carbocycles. The Labute approximate surface area is 75.0 Å². The van der Waals surface area contributed by atoms with Crippen molar-refractivity contribution < 1.29 is 0 Å². The van der Waals surface area contributed by atoms with Crippen molar-refractivity contribution in [1.82, 2.24) is 5.32 Å². The fourth-order valence-corrected chi connectivity index (χ4v) is 1.81. The average Bonchev–Trinajstić information content (AvgIpc) is 2.04. The molecule has 0 radical (unpaired) electrons. The van der Waals surface area contributed by atoms with Crippen molar-refractivity contribution in [3.05, 3.63) is 0 Å². The number of hydrogen-bond donors (Lipinski definition) is 1. The molecule has 1 atom stereocenters. The van der Waals surface area contributed by atoms with Crippen LogP contribution in [0.5, 0.6) is 0 Å². The van der Waals surface area contributed by atoms with E-state index in [-0.39, 0.29) is 11.0 Å². The first-order valence-corrected chi connectivity index (χ1v) is 4.68. The quantitative estimate of drug-likeness (QED) is 0.598. The fraction of sp³-hybridized carbons (Fsp3) is 0.900. The van der Waals surface area contributed by atoms with Crippen LogP contribution in [-0.2, 0) is 0 Å². The number of rotatable bonds is 0. The second-order valence-electron chi connectivity index (χ2n) is 4.65. The maximum absolute atomic E-state index is 9.16. The molecule has 0 aromatic rings. The molecule has 1 rings (SSSR count). The third-order valence-corrected chi connectivity index (χ3v) is 2.88. The van der Waals surface area contributed by atoms with E-state index < -0.39 is 0 Å². The summed E-state index contributed by atoms with van der Waals surface area (Å²) < 4.78 is 0. The van der Waals surface area contributed by atoms with Crippen LogP contribution in [0.4, 0.5) is 0 Å². The highest BCUT2D eigenvalue weighted by atomic mass is 15.0. The maximum atomic E-state index is 9.16. The molecule has 0 amide bonds. The van der Waals surface area contributed by atoms with Crippen LogP contribution in [0.15, 0.2) is 0 Å². The summed E-state index contributed by atoms with van der Waals surface area (Å²) in [5.74, 6) is 0. The highest BCUT2D eigenvalue weighted by Gasteiger charge is 2.42. The Hall–Kier alpha value is -0.550. The van der Waals surface area contributed by atoms with Crippen molar-refractivity contribution in [3.8, 4) is 6.07 Å². The average molecular weight is 166 g/mol. The van der Waals surface area contributed by atoms with Crippen molar-refractivity contribution in [2.75, 3.05) is 6.54 Å². The van der Waals surface area contributed by atoms with Gasteiger partial charge in [-0.3, -0.25) is 5.32 Å². The molecular weight excluding hydrogens is 148 g/mol. The van der Waals surface area contributed by atoms with Gasteiger partial charge in [-0.05, 0) is 31.2 Å². The molecule has 1 aliphatic rings. The van der Waals surface area contributed by atoms with Crippen LogP contribution in [0, 0.1) is 16.7 Å². The summed E-state index contributed by atoms with van der Waals surface area (Å²) >= 11 is 0. The molecule has 0 aromatic heterocycles. The largest absolute Gasteiger partial charge is 0.299 e. The summed E-state index contributed by atoms with van der Waals surface area (Å²) in [6, 6.07) is 2.45. The minimum absolute atomic E-state index is 0.0438. The van der Waals surface area contributed by atoms with Gasteiger partial charge in [-0.2, -0.15) is 5.26 Å². The zero-order valence-electron chi connectivity index (χ0n) is 8.28. The number of nitrogens with zero attached hydrogens (tertiary/aromatic N) is 1. The first-order chi connectivity index (χ1) is 5.52. The first-order valence-electron chi connectivity index (χ1n) is 4.68. The summed E-state index contributed by atoms with van der Waals surface area (Å²) in [5, 5.41) is 12.5. The van der Waals surface area contributed by atoms with Crippen LogP contribution < -0.4 is 5.32 Å². The van der Waals surface area contributed by atoms with E-state index in [4.69, 9.17) is 5.26 Å². The van der Waals surface area contributed by atoms with Crippen LogP contribution in [0.3, 0.4) is 0 Å². The Morgan fingerprint density at radius 1 is 1.33 bits per heavy atom. The van der Waals surface area contributed by atoms with E-state index in [9.17, 15) is 0 Å². The summed E-state index contributed by atoms with van der Waals surface area (Å²) in [7, 11) is 0. The van der Waals surface area contributed by atoms with Gasteiger partial charge in [0.2, 0.25) is 0 Å². The fourth-order valence-electron chi connectivity index (χ4n) is 1.81. The molecule has 0 saturated carbocycles. The Kier molecular flexibility index (Phi) is 2.44. The van der Waals surface area contributed by atoms with Crippen LogP contribution in [-0.4, -0.2) is 12.1 Å². The van der Waals surface area contributed by atoms with Crippen molar-refractivity contribution in [2.24, 2.45) is 5.41 Å². The van der Waals surface area contributed by atoms with E-state index in [2.05, 4.69) is 32.2 Å². The molecule has 12 heavy (non-hydrogen) atoms. The predicted molar refractivity (Wildman–Crippen MR) is 49.7 cm³/mol. The highest BCUT2D eigenvalue weighted by molar-refractivity contribution is 5.14. The van der Waals surface area contributed by atoms with Crippen LogP contribution >= 0.6 is 0 Å². The van der Waals surface area contributed by atoms with E-state index in [1.807, 2.05) is 0 Å². The van der Waals surface area contributed by atoms with Gasteiger partial charge in [0.1, 0.15) is 5.54 Å². The molecule has 0 bridgehead atoms. The summed E-state index contributed by atoms with van der Waals surface area (Å²) in [6.07, 6.45) is 3.38. The molecule has 1 unspecified atom stereocenters. The Morgan fingerprint density at radius 2 is 2.00 bits per heavy atom. The number of nitriles is 1. The lowest BCUT2D eigenvalue weighted by Crippen LogP contribution is -2.56. The molecule has 0 spiro atoms. The van der Waals surface area contributed by atoms with E-state index in [1.54, 1.807) is 0 Å². The summed E-state index contributed by atoms with van der Waals surface area (Å²) in [4.78, 5) is 0. The number of piperidine rings is 1.